The molecule has 0 radical (unpaired) electrons. The molecule has 0 aliphatic heterocycles. The van der Waals surface area contributed by atoms with Gasteiger partial charge in [-0.25, -0.2) is 4.98 Å². The summed E-state index contributed by atoms with van der Waals surface area (Å²) in [4.78, 5) is 4.80. The highest BCUT2D eigenvalue weighted by Crippen LogP contribution is 2.21. The van der Waals surface area contributed by atoms with Crippen molar-refractivity contribution < 1.29 is 14.6 Å². The molecule has 5 nitrogen and oxygen atoms in total. The minimum atomic E-state index is -0.673. The lowest BCUT2D eigenvalue weighted by Crippen LogP contribution is -2.24. The van der Waals surface area contributed by atoms with Gasteiger partial charge in [0.25, 0.3) is 0 Å². The van der Waals surface area contributed by atoms with Gasteiger partial charge in [0.05, 0.1) is 24.7 Å². The van der Waals surface area contributed by atoms with Crippen molar-refractivity contribution in [3.05, 3.63) is 90.3 Å². The maximum atomic E-state index is 10.7. The van der Waals surface area contributed by atoms with Gasteiger partial charge in [-0.1, -0.05) is 48.5 Å². The van der Waals surface area contributed by atoms with Crippen molar-refractivity contribution in [2.75, 3.05) is 13.7 Å². The number of ether oxygens (including phenoxy) is 2. The van der Waals surface area contributed by atoms with E-state index >= 15 is 0 Å². The molecule has 0 saturated carbocycles. The summed E-state index contributed by atoms with van der Waals surface area (Å²) in [5.74, 6) is 2.32. The summed E-state index contributed by atoms with van der Waals surface area (Å²) < 4.78 is 13.1. The number of fused-ring (bicyclic) bond motifs is 1. The van der Waals surface area contributed by atoms with Crippen molar-refractivity contribution in [3.8, 4) is 11.5 Å². The molecule has 3 aromatic carbocycles. The molecular weight excluding hydrogens is 364 g/mol. The van der Waals surface area contributed by atoms with Crippen molar-refractivity contribution in [1.82, 2.24) is 9.55 Å². The molecule has 0 unspecified atom stereocenters. The summed E-state index contributed by atoms with van der Waals surface area (Å²) in [6.45, 7) is 0.594. The van der Waals surface area contributed by atoms with E-state index in [4.69, 9.17) is 14.5 Å². The molecular formula is C24H24N2O3. The Morgan fingerprint density at radius 3 is 2.52 bits per heavy atom. The highest BCUT2D eigenvalue weighted by molar-refractivity contribution is 5.76. The average molecular weight is 388 g/mol. The van der Waals surface area contributed by atoms with Gasteiger partial charge in [-0.15, -0.1) is 0 Å². The van der Waals surface area contributed by atoms with Crippen LogP contribution in [0.15, 0.2) is 78.9 Å². The van der Waals surface area contributed by atoms with Crippen LogP contribution in [0, 0.1) is 0 Å². The van der Waals surface area contributed by atoms with Crippen LogP contribution in [0.1, 0.15) is 11.4 Å². The second-order valence-electron chi connectivity index (χ2n) is 6.93. The first-order valence-electron chi connectivity index (χ1n) is 9.66. The van der Waals surface area contributed by atoms with Gasteiger partial charge in [0, 0.05) is 12.5 Å². The smallest absolute Gasteiger partial charge is 0.123 e. The second-order valence-corrected chi connectivity index (χ2v) is 6.93. The SMILES string of the molecule is COc1cccc(OC[C@@H](O)Cn2c(Cc3ccccc3)nc3ccccc32)c1. The lowest BCUT2D eigenvalue weighted by atomic mass is 10.1. The van der Waals surface area contributed by atoms with Crippen LogP contribution >= 0.6 is 0 Å². The summed E-state index contributed by atoms with van der Waals surface area (Å²) in [6.07, 6.45) is 0.0345. The van der Waals surface area contributed by atoms with Crippen LogP contribution in [-0.2, 0) is 13.0 Å². The molecule has 0 fully saturated rings. The van der Waals surface area contributed by atoms with E-state index in [0.717, 1.165) is 22.6 Å². The Hall–Kier alpha value is -3.31. The maximum Gasteiger partial charge on any atom is 0.123 e. The van der Waals surface area contributed by atoms with Crippen molar-refractivity contribution in [3.63, 3.8) is 0 Å². The van der Waals surface area contributed by atoms with Crippen LogP contribution in [0.25, 0.3) is 11.0 Å². The molecule has 0 amide bonds. The molecule has 1 heterocycles. The van der Waals surface area contributed by atoms with Crippen LogP contribution in [0.5, 0.6) is 11.5 Å². The standard InChI is InChI=1S/C24H24N2O3/c1-28-20-10-7-11-21(15-20)29-17-19(27)16-26-23-13-6-5-12-22(23)25-24(26)14-18-8-3-2-4-9-18/h2-13,15,19,27H,14,16-17H2,1H3/t19-/m0/s1. The van der Waals surface area contributed by atoms with Gasteiger partial charge < -0.3 is 19.1 Å². The van der Waals surface area contributed by atoms with Gasteiger partial charge >= 0.3 is 0 Å². The lowest BCUT2D eigenvalue weighted by Gasteiger charge is -2.16. The second kappa shape index (κ2) is 8.80. The third-order valence-corrected chi connectivity index (χ3v) is 4.82. The van der Waals surface area contributed by atoms with Gasteiger partial charge in [0.2, 0.25) is 0 Å². The number of para-hydroxylation sites is 2. The molecule has 29 heavy (non-hydrogen) atoms. The monoisotopic (exact) mass is 388 g/mol. The molecule has 4 aromatic rings. The summed E-state index contributed by atoms with van der Waals surface area (Å²) in [7, 11) is 1.62. The topological polar surface area (TPSA) is 56.5 Å². The minimum Gasteiger partial charge on any atom is -0.497 e. The highest BCUT2D eigenvalue weighted by Gasteiger charge is 2.15. The fourth-order valence-corrected chi connectivity index (χ4v) is 3.39. The number of aliphatic hydroxyl groups is 1. The normalized spacial score (nSPS) is 12.1. The molecule has 0 aliphatic carbocycles. The number of aromatic nitrogens is 2. The minimum absolute atomic E-state index is 0.185. The maximum absolute atomic E-state index is 10.7. The van der Waals surface area contributed by atoms with Crippen molar-refractivity contribution in [2.24, 2.45) is 0 Å². The predicted octanol–water partition coefficient (Wildman–Crippen LogP) is 4.08. The van der Waals surface area contributed by atoms with Gasteiger partial charge in [0.1, 0.15) is 30.0 Å². The number of methoxy groups -OCH3 is 1. The van der Waals surface area contributed by atoms with E-state index < -0.39 is 6.10 Å². The Morgan fingerprint density at radius 1 is 0.931 bits per heavy atom. The van der Waals surface area contributed by atoms with Crippen LogP contribution in [0.3, 0.4) is 0 Å². The zero-order chi connectivity index (χ0) is 20.1. The molecule has 0 aliphatic rings. The van der Waals surface area contributed by atoms with Crippen molar-refractivity contribution in [2.45, 2.75) is 19.1 Å². The molecule has 1 aromatic heterocycles. The number of rotatable bonds is 8. The van der Waals surface area contributed by atoms with Crippen molar-refractivity contribution in [1.29, 1.82) is 0 Å². The largest absolute Gasteiger partial charge is 0.497 e. The van der Waals surface area contributed by atoms with E-state index in [1.165, 1.54) is 5.56 Å². The van der Waals surface area contributed by atoms with Crippen LogP contribution < -0.4 is 9.47 Å². The predicted molar refractivity (Wildman–Crippen MR) is 113 cm³/mol. The number of imidazole rings is 1. The fraction of sp³-hybridized carbons (Fsp3) is 0.208. The van der Waals surface area contributed by atoms with Crippen LogP contribution in [0.4, 0.5) is 0 Å². The molecule has 0 spiro atoms. The van der Waals surface area contributed by atoms with Crippen LogP contribution in [0.2, 0.25) is 0 Å². The zero-order valence-corrected chi connectivity index (χ0v) is 16.4. The first kappa shape index (κ1) is 19.0. The molecule has 0 bridgehead atoms. The van der Waals surface area contributed by atoms with Gasteiger partial charge in [0.15, 0.2) is 0 Å². The number of hydrogen-bond donors (Lipinski definition) is 1. The fourth-order valence-electron chi connectivity index (χ4n) is 3.39. The van der Waals surface area contributed by atoms with E-state index in [0.29, 0.717) is 18.7 Å². The first-order valence-corrected chi connectivity index (χ1v) is 9.66. The Bertz CT molecular complexity index is 1080. The highest BCUT2D eigenvalue weighted by atomic mass is 16.5. The third-order valence-electron chi connectivity index (χ3n) is 4.82. The molecule has 0 saturated heterocycles. The Morgan fingerprint density at radius 2 is 1.69 bits per heavy atom. The van der Waals surface area contributed by atoms with Gasteiger partial charge in [-0.3, -0.25) is 0 Å². The first-order chi connectivity index (χ1) is 14.2. The quantitative estimate of drug-likeness (QED) is 0.494. The Labute approximate surface area is 170 Å². The molecule has 5 heteroatoms. The van der Waals surface area contributed by atoms with E-state index in [-0.39, 0.29) is 6.61 Å². The molecule has 1 atom stereocenters. The number of aliphatic hydroxyl groups excluding tert-OH is 1. The summed E-state index contributed by atoms with van der Waals surface area (Å²) >= 11 is 0. The Kier molecular flexibility index (Phi) is 5.77. The van der Waals surface area contributed by atoms with Gasteiger partial charge in [-0.2, -0.15) is 0 Å². The Balaban J connectivity index is 1.52. The zero-order valence-electron chi connectivity index (χ0n) is 16.4. The number of hydrogen-bond acceptors (Lipinski definition) is 4. The molecule has 1 N–H and O–H groups in total. The molecule has 148 valence electrons. The lowest BCUT2D eigenvalue weighted by molar-refractivity contribution is 0.0927. The van der Waals surface area contributed by atoms with E-state index in [1.54, 1.807) is 13.2 Å². The summed E-state index contributed by atoms with van der Waals surface area (Å²) in [5, 5.41) is 10.7. The van der Waals surface area contributed by atoms with E-state index in [9.17, 15) is 5.11 Å². The summed E-state index contributed by atoms with van der Waals surface area (Å²) in [5.41, 5.74) is 3.13. The van der Waals surface area contributed by atoms with Crippen LogP contribution in [-0.4, -0.2) is 34.5 Å². The number of benzene rings is 3. The van der Waals surface area contributed by atoms with E-state index in [2.05, 4.69) is 16.7 Å². The van der Waals surface area contributed by atoms with Crippen molar-refractivity contribution >= 4 is 11.0 Å². The van der Waals surface area contributed by atoms with E-state index in [1.807, 2.05) is 60.7 Å². The summed E-state index contributed by atoms with van der Waals surface area (Å²) in [6, 6.07) is 25.6. The molecule has 4 rings (SSSR count). The average Bonchev–Trinajstić information content (AvgIpc) is 3.10. The third kappa shape index (κ3) is 4.58. The van der Waals surface area contributed by atoms with Gasteiger partial charge in [-0.05, 0) is 29.8 Å². The number of nitrogens with zero attached hydrogens (tertiary/aromatic N) is 2.